The van der Waals surface area contributed by atoms with E-state index in [9.17, 15) is 4.79 Å². The van der Waals surface area contributed by atoms with Crippen molar-refractivity contribution in [3.63, 3.8) is 0 Å². The van der Waals surface area contributed by atoms with Gasteiger partial charge in [0.05, 0.1) is 0 Å². The summed E-state index contributed by atoms with van der Waals surface area (Å²) in [6.45, 7) is 0.441. The minimum Gasteiger partial charge on any atom is -0.448 e. The van der Waals surface area contributed by atoms with Crippen molar-refractivity contribution in [3.05, 3.63) is 0 Å². The second-order valence-electron chi connectivity index (χ2n) is 1.01. The summed E-state index contributed by atoms with van der Waals surface area (Å²) in [4.78, 5) is 9.42. The molecule has 4 N–H and O–H groups in total. The molecule has 0 saturated heterocycles. The molecule has 4 heteroatoms. The van der Waals surface area contributed by atoms with E-state index in [2.05, 4.69) is 4.74 Å². The van der Waals surface area contributed by atoms with Gasteiger partial charge in [-0.05, 0) is 0 Å². The van der Waals surface area contributed by atoms with Crippen molar-refractivity contribution < 1.29 is 9.53 Å². The normalized spacial score (nSPS) is 12.9. The predicted octanol–water partition coefficient (Wildman–Crippen LogP) is -1.60. The molecule has 0 saturated carbocycles. The first-order chi connectivity index (χ1) is 3.31. The summed E-state index contributed by atoms with van der Waals surface area (Å²) in [5.41, 5.74) is 9.95. The third kappa shape index (κ3) is 3.21. The van der Waals surface area contributed by atoms with Crippen molar-refractivity contribution in [1.29, 1.82) is 0 Å². The van der Waals surface area contributed by atoms with Gasteiger partial charge in [-0.3, -0.25) is 10.5 Å². The van der Waals surface area contributed by atoms with Crippen molar-refractivity contribution in [3.8, 4) is 0 Å². The molecular formula is C3H8N2O2. The molecule has 7 heavy (non-hydrogen) atoms. The first-order valence-corrected chi connectivity index (χ1v) is 1.86. The number of ether oxygens (including phenoxy) is 1. The summed E-state index contributed by atoms with van der Waals surface area (Å²) in [6, 6.07) is 0. The van der Waals surface area contributed by atoms with Crippen molar-refractivity contribution in [1.82, 2.24) is 0 Å². The molecule has 0 rings (SSSR count). The van der Waals surface area contributed by atoms with Crippen LogP contribution in [0.15, 0.2) is 0 Å². The van der Waals surface area contributed by atoms with E-state index in [0.29, 0.717) is 0 Å². The second-order valence-corrected chi connectivity index (χ2v) is 1.01. The van der Waals surface area contributed by atoms with Gasteiger partial charge in [-0.1, -0.05) is 0 Å². The van der Waals surface area contributed by atoms with Gasteiger partial charge in [0.2, 0.25) is 0 Å². The lowest BCUT2D eigenvalue weighted by molar-refractivity contribution is -0.132. The average molecular weight is 104 g/mol. The maximum Gasteiger partial charge on any atom is 0.294 e. The molecule has 0 aliphatic heterocycles. The van der Waals surface area contributed by atoms with Crippen LogP contribution in [0.2, 0.25) is 0 Å². The Morgan fingerprint density at radius 1 is 1.86 bits per heavy atom. The quantitative estimate of drug-likeness (QED) is 0.334. The van der Waals surface area contributed by atoms with Crippen LogP contribution in [-0.4, -0.2) is 19.2 Å². The van der Waals surface area contributed by atoms with Crippen LogP contribution in [0.25, 0.3) is 0 Å². The highest BCUT2D eigenvalue weighted by atomic mass is 16.5. The standard InChI is InChI=1S/C3H8N2O2/c4-1-3(5)7-2-6/h2-3H,1,4-5H2. The smallest absolute Gasteiger partial charge is 0.294 e. The molecule has 0 aromatic rings. The van der Waals surface area contributed by atoms with E-state index in [1.165, 1.54) is 0 Å². The van der Waals surface area contributed by atoms with Crippen LogP contribution in [-0.2, 0) is 9.53 Å². The van der Waals surface area contributed by atoms with E-state index >= 15 is 0 Å². The summed E-state index contributed by atoms with van der Waals surface area (Å²) in [5, 5.41) is 0. The summed E-state index contributed by atoms with van der Waals surface area (Å²) in [7, 11) is 0. The first kappa shape index (κ1) is 6.39. The lowest BCUT2D eigenvalue weighted by Crippen LogP contribution is -2.31. The average Bonchev–Trinajstić information content (AvgIpc) is 1.68. The lowest BCUT2D eigenvalue weighted by Gasteiger charge is -2.02. The number of carbonyl (C=O) groups is 1. The van der Waals surface area contributed by atoms with Gasteiger partial charge in [-0.2, -0.15) is 0 Å². The van der Waals surface area contributed by atoms with E-state index in [1.54, 1.807) is 0 Å². The van der Waals surface area contributed by atoms with Gasteiger partial charge in [0.1, 0.15) is 0 Å². The molecule has 1 atom stereocenters. The molecule has 0 radical (unpaired) electrons. The molecule has 0 aliphatic carbocycles. The predicted molar refractivity (Wildman–Crippen MR) is 24.2 cm³/mol. The Balaban J connectivity index is 2.98. The summed E-state index contributed by atoms with van der Waals surface area (Å²) in [6.07, 6.45) is -0.641. The van der Waals surface area contributed by atoms with Gasteiger partial charge in [0, 0.05) is 6.54 Å². The highest BCUT2D eigenvalue weighted by Crippen LogP contribution is 1.69. The van der Waals surface area contributed by atoms with Gasteiger partial charge in [-0.15, -0.1) is 0 Å². The zero-order chi connectivity index (χ0) is 5.70. The van der Waals surface area contributed by atoms with Gasteiger partial charge < -0.3 is 10.5 Å². The SMILES string of the molecule is NCC(N)OC=O. The highest BCUT2D eigenvalue weighted by molar-refractivity contribution is 5.37. The van der Waals surface area contributed by atoms with Crippen LogP contribution in [0.1, 0.15) is 0 Å². The molecule has 0 spiro atoms. The Kier molecular flexibility index (Phi) is 3.26. The molecule has 0 heterocycles. The van der Waals surface area contributed by atoms with Gasteiger partial charge in [0.15, 0.2) is 6.23 Å². The topological polar surface area (TPSA) is 78.3 Å². The fourth-order valence-electron chi connectivity index (χ4n) is 0.127. The van der Waals surface area contributed by atoms with Crippen LogP contribution in [0.3, 0.4) is 0 Å². The summed E-state index contributed by atoms with van der Waals surface area (Å²) >= 11 is 0. The zero-order valence-electron chi connectivity index (χ0n) is 3.83. The minimum absolute atomic E-state index is 0.165. The van der Waals surface area contributed by atoms with Crippen LogP contribution in [0, 0.1) is 0 Å². The molecule has 0 aliphatic rings. The molecule has 1 unspecified atom stereocenters. The maximum atomic E-state index is 9.42. The highest BCUT2D eigenvalue weighted by Gasteiger charge is 1.92. The Hall–Kier alpha value is -0.610. The molecule has 0 fully saturated rings. The number of hydrogen-bond acceptors (Lipinski definition) is 4. The largest absolute Gasteiger partial charge is 0.448 e. The van der Waals surface area contributed by atoms with Crippen LogP contribution in [0.5, 0.6) is 0 Å². The van der Waals surface area contributed by atoms with Crippen LogP contribution >= 0.6 is 0 Å². The van der Waals surface area contributed by atoms with Crippen LogP contribution < -0.4 is 11.5 Å². The van der Waals surface area contributed by atoms with E-state index in [0.717, 1.165) is 0 Å². The van der Waals surface area contributed by atoms with Gasteiger partial charge >= 0.3 is 0 Å². The molecule has 0 bridgehead atoms. The second kappa shape index (κ2) is 3.58. The minimum atomic E-state index is -0.641. The molecule has 0 aromatic heterocycles. The van der Waals surface area contributed by atoms with Crippen molar-refractivity contribution >= 4 is 6.47 Å². The lowest BCUT2D eigenvalue weighted by atomic mass is 10.6. The Morgan fingerprint density at radius 2 is 2.43 bits per heavy atom. The summed E-state index contributed by atoms with van der Waals surface area (Å²) in [5.74, 6) is 0. The molecule has 42 valence electrons. The first-order valence-electron chi connectivity index (χ1n) is 1.86. The van der Waals surface area contributed by atoms with Gasteiger partial charge in [0.25, 0.3) is 6.47 Å². The van der Waals surface area contributed by atoms with Crippen molar-refractivity contribution in [2.75, 3.05) is 6.54 Å². The van der Waals surface area contributed by atoms with Crippen LogP contribution in [0.4, 0.5) is 0 Å². The van der Waals surface area contributed by atoms with Crippen molar-refractivity contribution in [2.24, 2.45) is 11.5 Å². The molecule has 0 amide bonds. The summed E-state index contributed by atoms with van der Waals surface area (Å²) < 4.78 is 4.16. The number of rotatable bonds is 3. The van der Waals surface area contributed by atoms with E-state index in [-0.39, 0.29) is 13.0 Å². The zero-order valence-corrected chi connectivity index (χ0v) is 3.83. The number of carbonyl (C=O) groups excluding carboxylic acids is 1. The Bertz CT molecular complexity index is 56.9. The molecule has 0 aromatic carbocycles. The molecule has 4 nitrogen and oxygen atoms in total. The fourth-order valence-corrected chi connectivity index (χ4v) is 0.127. The number of hydrogen-bond donors (Lipinski definition) is 2. The van der Waals surface area contributed by atoms with Gasteiger partial charge in [-0.25, -0.2) is 0 Å². The number of nitrogens with two attached hydrogens (primary N) is 2. The van der Waals surface area contributed by atoms with E-state index in [1.807, 2.05) is 0 Å². The van der Waals surface area contributed by atoms with E-state index < -0.39 is 6.23 Å². The van der Waals surface area contributed by atoms with Crippen molar-refractivity contribution in [2.45, 2.75) is 6.23 Å². The maximum absolute atomic E-state index is 9.42. The third-order valence-electron chi connectivity index (χ3n) is 0.463. The Morgan fingerprint density at radius 3 is 2.57 bits per heavy atom. The monoisotopic (exact) mass is 104 g/mol. The fraction of sp³-hybridized carbons (Fsp3) is 0.667. The Labute approximate surface area is 41.4 Å². The van der Waals surface area contributed by atoms with E-state index in [4.69, 9.17) is 11.5 Å². The molecular weight excluding hydrogens is 96.0 g/mol. The third-order valence-corrected chi connectivity index (χ3v) is 0.463.